The van der Waals surface area contributed by atoms with Crippen LogP contribution in [0.2, 0.25) is 0 Å². The van der Waals surface area contributed by atoms with Crippen LogP contribution in [0, 0.1) is 23.2 Å². The predicted octanol–water partition coefficient (Wildman–Crippen LogP) is 4.27. The molecule has 2 saturated heterocycles. The van der Waals surface area contributed by atoms with Crippen molar-refractivity contribution in [3.8, 4) is 0 Å². The lowest BCUT2D eigenvalue weighted by atomic mass is 9.77. The summed E-state index contributed by atoms with van der Waals surface area (Å²) in [5.74, 6) is -2.78. The van der Waals surface area contributed by atoms with E-state index in [4.69, 9.17) is 24.5 Å². The molecule has 13 heteroatoms. The Morgan fingerprint density at radius 1 is 0.838 bits per heavy atom. The fourth-order valence-electron chi connectivity index (χ4n) is 5.29. The Morgan fingerprint density at radius 3 is 1.81 bits per heavy atom. The number of ether oxygens (including phenoxy) is 1. The van der Waals surface area contributed by atoms with Crippen molar-refractivity contribution in [1.82, 2.24) is 9.80 Å². The minimum Gasteiger partial charge on any atom is -0.475 e. The van der Waals surface area contributed by atoms with Crippen LogP contribution in [0.3, 0.4) is 0 Å². The number of carbonyl (C=O) groups is 2. The topological polar surface area (TPSA) is 90.3 Å². The zero-order valence-corrected chi connectivity index (χ0v) is 20.7. The molecule has 0 amide bonds. The van der Waals surface area contributed by atoms with Gasteiger partial charge in [0.15, 0.2) is 0 Å². The van der Waals surface area contributed by atoms with Crippen LogP contribution in [-0.4, -0.2) is 96.3 Å². The summed E-state index contributed by atoms with van der Waals surface area (Å²) in [6, 6.07) is 0.930. The largest absolute Gasteiger partial charge is 0.490 e. The first-order valence-corrected chi connectivity index (χ1v) is 12.8. The molecule has 0 aromatic rings. The van der Waals surface area contributed by atoms with Gasteiger partial charge in [-0.3, -0.25) is 4.90 Å². The molecule has 0 bridgehead atoms. The molecular weight excluding hydrogens is 510 g/mol. The Bertz CT molecular complexity index is 759. The van der Waals surface area contributed by atoms with Crippen LogP contribution < -0.4 is 0 Å². The van der Waals surface area contributed by atoms with Crippen molar-refractivity contribution in [2.24, 2.45) is 23.2 Å². The molecule has 2 aliphatic heterocycles. The van der Waals surface area contributed by atoms with E-state index in [1.54, 1.807) is 0 Å². The van der Waals surface area contributed by atoms with Gasteiger partial charge in [0, 0.05) is 50.2 Å². The SMILES string of the molecule is C1CC(N2CC[C@@]3(CN(CC4CC4)C[C@@H]3COCC3CC3)C2)C1.O=C(O)C(F)(F)F.O=C(O)C(F)(F)F. The fraction of sp³-hybridized carbons (Fsp3) is 0.917. The molecular formula is C24H36F6N2O5. The van der Waals surface area contributed by atoms with E-state index in [2.05, 4.69) is 9.80 Å². The van der Waals surface area contributed by atoms with Gasteiger partial charge in [0.1, 0.15) is 0 Å². The summed E-state index contributed by atoms with van der Waals surface area (Å²) in [5, 5.41) is 14.2. The van der Waals surface area contributed by atoms with Crippen LogP contribution in [-0.2, 0) is 14.3 Å². The first kappa shape index (κ1) is 29.9. The van der Waals surface area contributed by atoms with E-state index in [0.717, 1.165) is 37.0 Å². The van der Waals surface area contributed by atoms with Crippen LogP contribution >= 0.6 is 0 Å². The summed E-state index contributed by atoms with van der Waals surface area (Å²) in [6.45, 7) is 8.88. The number of carboxylic acids is 2. The second kappa shape index (κ2) is 12.1. The minimum atomic E-state index is -5.08. The molecule has 3 saturated carbocycles. The van der Waals surface area contributed by atoms with E-state index in [0.29, 0.717) is 5.41 Å². The quantitative estimate of drug-likeness (QED) is 0.461. The molecule has 2 atom stereocenters. The maximum absolute atomic E-state index is 10.6. The smallest absolute Gasteiger partial charge is 0.475 e. The van der Waals surface area contributed by atoms with E-state index >= 15 is 0 Å². The van der Waals surface area contributed by atoms with Crippen molar-refractivity contribution in [2.45, 2.75) is 69.8 Å². The first-order valence-electron chi connectivity index (χ1n) is 12.8. The van der Waals surface area contributed by atoms with Gasteiger partial charge < -0.3 is 19.8 Å². The number of nitrogens with zero attached hydrogens (tertiary/aromatic N) is 2. The van der Waals surface area contributed by atoms with E-state index in [1.165, 1.54) is 84.1 Å². The predicted molar refractivity (Wildman–Crippen MR) is 120 cm³/mol. The van der Waals surface area contributed by atoms with Gasteiger partial charge in [-0.25, -0.2) is 9.59 Å². The van der Waals surface area contributed by atoms with Gasteiger partial charge in [-0.05, 0) is 63.3 Å². The highest BCUT2D eigenvalue weighted by atomic mass is 19.4. The maximum atomic E-state index is 10.6. The normalized spacial score (nSPS) is 28.8. The van der Waals surface area contributed by atoms with E-state index in [1.807, 2.05) is 0 Å². The maximum Gasteiger partial charge on any atom is 0.490 e. The lowest BCUT2D eigenvalue weighted by Gasteiger charge is -2.37. The lowest BCUT2D eigenvalue weighted by Crippen LogP contribution is -2.42. The summed E-state index contributed by atoms with van der Waals surface area (Å²) in [6.07, 6.45) is 1.46. The molecule has 5 aliphatic rings. The second-order valence-electron chi connectivity index (χ2n) is 11.1. The zero-order chi connectivity index (χ0) is 27.4. The van der Waals surface area contributed by atoms with Gasteiger partial charge in [0.25, 0.3) is 0 Å². The molecule has 3 aliphatic carbocycles. The lowest BCUT2D eigenvalue weighted by molar-refractivity contribution is -0.193. The Morgan fingerprint density at radius 2 is 1.38 bits per heavy atom. The van der Waals surface area contributed by atoms with Gasteiger partial charge >= 0.3 is 24.3 Å². The molecule has 0 unspecified atom stereocenters. The molecule has 5 rings (SSSR count). The Hall–Kier alpha value is -1.60. The average Bonchev–Trinajstić information content (AvgIpc) is 3.66. The van der Waals surface area contributed by atoms with Crippen LogP contribution in [0.25, 0.3) is 0 Å². The van der Waals surface area contributed by atoms with Crippen molar-refractivity contribution >= 4 is 11.9 Å². The molecule has 7 nitrogen and oxygen atoms in total. The van der Waals surface area contributed by atoms with Crippen molar-refractivity contribution in [3.05, 3.63) is 0 Å². The number of rotatable bonds is 7. The number of aliphatic carboxylic acids is 2. The van der Waals surface area contributed by atoms with Crippen molar-refractivity contribution in [3.63, 3.8) is 0 Å². The molecule has 5 fully saturated rings. The summed E-state index contributed by atoms with van der Waals surface area (Å²) < 4.78 is 69.7. The van der Waals surface area contributed by atoms with Crippen LogP contribution in [0.5, 0.6) is 0 Å². The van der Waals surface area contributed by atoms with E-state index < -0.39 is 24.3 Å². The van der Waals surface area contributed by atoms with Crippen LogP contribution in [0.15, 0.2) is 0 Å². The molecule has 2 N–H and O–H groups in total. The van der Waals surface area contributed by atoms with Crippen molar-refractivity contribution < 1.29 is 50.9 Å². The highest BCUT2D eigenvalue weighted by Gasteiger charge is 2.52. The van der Waals surface area contributed by atoms with Crippen molar-refractivity contribution in [2.75, 3.05) is 45.9 Å². The third kappa shape index (κ3) is 9.27. The number of alkyl halides is 6. The van der Waals surface area contributed by atoms with Gasteiger partial charge in [-0.1, -0.05) is 6.42 Å². The van der Waals surface area contributed by atoms with Gasteiger partial charge in [0.2, 0.25) is 0 Å². The van der Waals surface area contributed by atoms with Crippen molar-refractivity contribution in [1.29, 1.82) is 0 Å². The molecule has 0 radical (unpaired) electrons. The first-order chi connectivity index (χ1) is 17.2. The molecule has 0 aromatic heterocycles. The number of carboxylic acid groups (broad SMARTS) is 2. The van der Waals surface area contributed by atoms with Gasteiger partial charge in [-0.2, -0.15) is 26.3 Å². The molecule has 37 heavy (non-hydrogen) atoms. The standard InChI is InChI=1S/C20H34N2O.2C2HF3O2/c1-2-19(3-1)22-9-8-20(15-22)14-21(10-16-4-5-16)11-18(20)13-23-12-17-6-7-17;2*3-2(4,5)1(6)7/h16-19H,1-15H2;2*(H,6,7)/t18-,20-;;/m1../s1. The summed E-state index contributed by atoms with van der Waals surface area (Å²) >= 11 is 0. The number of likely N-dealkylation sites (tertiary alicyclic amines) is 2. The zero-order valence-electron chi connectivity index (χ0n) is 20.7. The van der Waals surface area contributed by atoms with Crippen LogP contribution in [0.4, 0.5) is 26.3 Å². The Labute approximate surface area is 212 Å². The Kier molecular flexibility index (Phi) is 9.76. The summed E-state index contributed by atoms with van der Waals surface area (Å²) in [7, 11) is 0. The molecule has 2 heterocycles. The number of hydrogen-bond acceptors (Lipinski definition) is 5. The fourth-order valence-corrected chi connectivity index (χ4v) is 5.29. The highest BCUT2D eigenvalue weighted by molar-refractivity contribution is 5.73. The average molecular weight is 547 g/mol. The summed E-state index contributed by atoms with van der Waals surface area (Å²) in [4.78, 5) is 23.4. The van der Waals surface area contributed by atoms with E-state index in [9.17, 15) is 26.3 Å². The minimum absolute atomic E-state index is 0.564. The third-order valence-electron chi connectivity index (χ3n) is 7.96. The monoisotopic (exact) mass is 546 g/mol. The van der Waals surface area contributed by atoms with E-state index in [-0.39, 0.29) is 0 Å². The number of halogens is 6. The molecule has 1 spiro atoms. The second-order valence-corrected chi connectivity index (χ2v) is 11.1. The Balaban J connectivity index is 0.000000227. The summed E-state index contributed by atoms with van der Waals surface area (Å²) in [5.41, 5.74) is 0.564. The molecule has 0 aromatic carbocycles. The third-order valence-corrected chi connectivity index (χ3v) is 7.96. The van der Waals surface area contributed by atoms with Crippen LogP contribution in [0.1, 0.15) is 51.4 Å². The number of hydrogen-bond donors (Lipinski definition) is 2. The molecule has 214 valence electrons. The van der Waals surface area contributed by atoms with Gasteiger partial charge in [0.05, 0.1) is 6.61 Å². The van der Waals surface area contributed by atoms with Gasteiger partial charge in [-0.15, -0.1) is 0 Å². The highest BCUT2D eigenvalue weighted by Crippen LogP contribution is 2.47.